The fourth-order valence-electron chi connectivity index (χ4n) is 4.61. The molecule has 36 heavy (non-hydrogen) atoms. The van der Waals surface area contributed by atoms with Crippen LogP contribution in [0, 0.1) is 0 Å². The zero-order valence-electron chi connectivity index (χ0n) is 21.1. The third-order valence-electron chi connectivity index (χ3n) is 6.37. The summed E-state index contributed by atoms with van der Waals surface area (Å²) in [6.45, 7) is 8.41. The molecule has 0 radical (unpaired) electrons. The van der Waals surface area contributed by atoms with E-state index in [9.17, 15) is 18.9 Å². The van der Waals surface area contributed by atoms with Crippen molar-refractivity contribution < 1.29 is 18.9 Å². The predicted octanol–water partition coefficient (Wildman–Crippen LogP) is 3.60. The highest BCUT2D eigenvalue weighted by Crippen LogP contribution is 2.47. The minimum atomic E-state index is -3.72. The third-order valence-corrected chi connectivity index (χ3v) is 9.95. The molecule has 1 aliphatic heterocycles. The third kappa shape index (κ3) is 11.7. The molecule has 0 bridgehead atoms. The molecule has 1 saturated heterocycles. The minimum Gasteiger partial charge on any atom is -0.340 e. The quantitative estimate of drug-likeness (QED) is 0.442. The largest absolute Gasteiger partial charge is 0.515 e. The van der Waals surface area contributed by atoms with Crippen LogP contribution in [-0.4, -0.2) is 89.0 Å². The van der Waals surface area contributed by atoms with Crippen LogP contribution in [0.5, 0.6) is 0 Å². The van der Waals surface area contributed by atoms with Crippen LogP contribution in [0.15, 0.2) is 60.7 Å². The van der Waals surface area contributed by atoms with Gasteiger partial charge in [0.1, 0.15) is 0 Å². The smallest absolute Gasteiger partial charge is 0.340 e. The van der Waals surface area contributed by atoms with Crippen LogP contribution in [-0.2, 0) is 22.2 Å². The van der Waals surface area contributed by atoms with Crippen LogP contribution >= 0.6 is 15.4 Å². The van der Waals surface area contributed by atoms with Crippen molar-refractivity contribution in [3.05, 3.63) is 71.8 Å². The molecular weight excluding hydrogens is 494 g/mol. The Morgan fingerprint density at radius 3 is 1.89 bits per heavy atom. The highest BCUT2D eigenvalue weighted by molar-refractivity contribution is 7.68. The first-order valence-corrected chi connectivity index (χ1v) is 16.2. The van der Waals surface area contributed by atoms with Gasteiger partial charge in [0.25, 0.3) is 13.3 Å². The average molecular weight is 536 g/mol. The molecule has 0 saturated carbocycles. The van der Waals surface area contributed by atoms with Gasteiger partial charge < -0.3 is 10.2 Å². The molecule has 10 heteroatoms. The van der Waals surface area contributed by atoms with Gasteiger partial charge >= 0.3 is 8.03 Å². The molecule has 2 aromatic carbocycles. The van der Waals surface area contributed by atoms with Crippen LogP contribution in [0.4, 0.5) is 0 Å². The normalized spacial score (nSPS) is 20.3. The van der Waals surface area contributed by atoms with E-state index in [0.29, 0.717) is 13.1 Å². The lowest BCUT2D eigenvalue weighted by molar-refractivity contribution is 0.190. The predicted molar refractivity (Wildman–Crippen MR) is 146 cm³/mol. The van der Waals surface area contributed by atoms with E-state index in [0.717, 1.165) is 65.2 Å². The fraction of sp³-hybridized carbons (Fsp3) is 0.538. The number of nitrogens with zero attached hydrogens (tertiary/aromatic N) is 3. The van der Waals surface area contributed by atoms with Crippen molar-refractivity contribution in [2.24, 2.45) is 0 Å². The molecule has 0 aromatic heterocycles. The lowest BCUT2D eigenvalue weighted by Gasteiger charge is -2.30. The maximum absolute atomic E-state index is 12.7. The van der Waals surface area contributed by atoms with E-state index in [1.807, 2.05) is 29.2 Å². The highest BCUT2D eigenvalue weighted by Gasteiger charge is 2.32. The zero-order valence-corrected chi connectivity index (χ0v) is 22.9. The van der Waals surface area contributed by atoms with Gasteiger partial charge in [-0.15, -0.1) is 0 Å². The highest BCUT2D eigenvalue weighted by atomic mass is 31.2. The van der Waals surface area contributed by atoms with E-state index in [2.05, 4.69) is 51.5 Å². The number of nitrogens with one attached hydrogen (secondary N) is 1. The van der Waals surface area contributed by atoms with Gasteiger partial charge in [-0.1, -0.05) is 60.7 Å². The molecule has 3 rings (SSSR count). The first-order chi connectivity index (χ1) is 17.4. The van der Waals surface area contributed by atoms with Gasteiger partial charge in [-0.3, -0.25) is 19.3 Å². The molecule has 3 N–H and O–H groups in total. The molecule has 1 aliphatic rings. The van der Waals surface area contributed by atoms with Gasteiger partial charge in [-0.25, -0.2) is 0 Å². The summed E-state index contributed by atoms with van der Waals surface area (Å²) < 4.78 is 24.0. The van der Waals surface area contributed by atoms with Crippen molar-refractivity contribution in [1.29, 1.82) is 0 Å². The molecule has 2 unspecified atom stereocenters. The molecule has 1 fully saturated rings. The van der Waals surface area contributed by atoms with E-state index >= 15 is 0 Å². The lowest BCUT2D eigenvalue weighted by atomic mass is 10.2. The molecular formula is C26H41N4O4P2+. The molecule has 198 valence electrons. The van der Waals surface area contributed by atoms with Crippen molar-refractivity contribution in [2.45, 2.75) is 25.9 Å². The molecule has 0 aliphatic carbocycles. The van der Waals surface area contributed by atoms with E-state index in [4.69, 9.17) is 0 Å². The molecule has 0 spiro atoms. The Morgan fingerprint density at radius 1 is 0.750 bits per heavy atom. The fourth-order valence-corrected chi connectivity index (χ4v) is 7.39. The maximum Gasteiger partial charge on any atom is 0.515 e. The van der Waals surface area contributed by atoms with Crippen molar-refractivity contribution in [2.75, 3.05) is 64.5 Å². The maximum atomic E-state index is 12.7. The summed E-state index contributed by atoms with van der Waals surface area (Å²) in [6, 6.07) is 20.8. The summed E-state index contributed by atoms with van der Waals surface area (Å²) in [5, 5.41) is 3.60. The van der Waals surface area contributed by atoms with Gasteiger partial charge in [0, 0.05) is 39.3 Å². The van der Waals surface area contributed by atoms with Crippen LogP contribution in [0.3, 0.4) is 0 Å². The van der Waals surface area contributed by atoms with Crippen molar-refractivity contribution in [1.82, 2.24) is 20.0 Å². The standard InChI is InChI=1S/C26H40N4O4P2/c31-35(32)24-36(33,34)23-30-17-8-16-28(21-25-9-3-1-4-10-25)18-14-27-13-7-15-29(19-20-30)22-26-11-5-2-6-12-26/h1-6,9-12,27H,7-8,13-24H2,(H-,31,32,33,34)/p+1. The number of benzene rings is 2. The summed E-state index contributed by atoms with van der Waals surface area (Å²) >= 11 is 0. The van der Waals surface area contributed by atoms with Gasteiger partial charge in [0.05, 0.1) is 6.29 Å². The van der Waals surface area contributed by atoms with Gasteiger partial charge in [-0.2, -0.15) is 4.89 Å². The first kappa shape index (κ1) is 29.1. The Hall–Kier alpha value is -1.47. The number of rotatable bonds is 8. The molecule has 1 heterocycles. The van der Waals surface area contributed by atoms with E-state index in [1.54, 1.807) is 0 Å². The second-order valence-corrected chi connectivity index (χ2v) is 13.4. The van der Waals surface area contributed by atoms with Crippen LogP contribution in [0.2, 0.25) is 0 Å². The lowest BCUT2D eigenvalue weighted by Crippen LogP contribution is -2.40. The molecule has 2 aromatic rings. The second kappa shape index (κ2) is 15.7. The summed E-state index contributed by atoms with van der Waals surface area (Å²) in [7, 11) is -6.36. The van der Waals surface area contributed by atoms with Crippen LogP contribution in [0.1, 0.15) is 24.0 Å². The summed E-state index contributed by atoms with van der Waals surface area (Å²) in [5.41, 5.74) is 2.53. The van der Waals surface area contributed by atoms with Crippen molar-refractivity contribution >= 4 is 15.4 Å². The van der Waals surface area contributed by atoms with Crippen molar-refractivity contribution in [3.8, 4) is 0 Å². The Morgan fingerprint density at radius 2 is 1.28 bits per heavy atom. The van der Waals surface area contributed by atoms with Gasteiger partial charge in [-0.05, 0) is 54.7 Å². The number of hydrogen-bond donors (Lipinski definition) is 3. The Labute approximate surface area is 216 Å². The van der Waals surface area contributed by atoms with E-state index < -0.39 is 21.3 Å². The SMILES string of the molecule is O=[P+](O)CP(=O)(O)CN1CCCN(Cc2ccccc2)CCNCCCN(Cc2ccccc2)CC1. The van der Waals surface area contributed by atoms with Gasteiger partial charge in [0.15, 0.2) is 0 Å². The first-order valence-electron chi connectivity index (χ1n) is 12.8. The van der Waals surface area contributed by atoms with Crippen LogP contribution in [0.25, 0.3) is 0 Å². The molecule has 2 atom stereocenters. The Balaban J connectivity index is 1.67. The topological polar surface area (TPSA) is 96.3 Å². The summed E-state index contributed by atoms with van der Waals surface area (Å²) in [5.74, 6) is -0.543. The van der Waals surface area contributed by atoms with Crippen molar-refractivity contribution in [3.63, 3.8) is 0 Å². The molecule has 8 nitrogen and oxygen atoms in total. The molecule has 0 amide bonds. The summed E-state index contributed by atoms with van der Waals surface area (Å²) in [6.07, 6.45) is 1.83. The van der Waals surface area contributed by atoms with Crippen LogP contribution < -0.4 is 5.32 Å². The average Bonchev–Trinajstić information content (AvgIpc) is 2.84. The Bertz CT molecular complexity index is 951. The second-order valence-electron chi connectivity index (χ2n) is 9.58. The van der Waals surface area contributed by atoms with E-state index in [1.165, 1.54) is 11.1 Å². The Kier molecular flexibility index (Phi) is 12.7. The van der Waals surface area contributed by atoms with Gasteiger partial charge in [0.2, 0.25) is 0 Å². The zero-order chi connectivity index (χ0) is 25.6. The minimum absolute atomic E-state index is 0.0476. The monoisotopic (exact) mass is 535 g/mol. The number of hydrogen-bond acceptors (Lipinski definition) is 6. The summed E-state index contributed by atoms with van der Waals surface area (Å²) in [4.78, 5) is 26.5. The van der Waals surface area contributed by atoms with E-state index in [-0.39, 0.29) is 6.29 Å².